The summed E-state index contributed by atoms with van der Waals surface area (Å²) < 4.78 is 27.1. The molecule has 0 aromatic rings. The fraction of sp³-hybridized carbons (Fsp3) is 0.800. The highest BCUT2D eigenvalue weighted by Crippen LogP contribution is 1.92. The molecule has 0 radical (unpaired) electrons. The van der Waals surface area contributed by atoms with E-state index in [9.17, 15) is 13.6 Å². The Hall–Kier alpha value is -0.750. The van der Waals surface area contributed by atoms with E-state index in [4.69, 9.17) is 5.21 Å². The summed E-state index contributed by atoms with van der Waals surface area (Å²) in [5.41, 5.74) is 1.35. The summed E-state index contributed by atoms with van der Waals surface area (Å²) in [4.78, 5) is 10.2. The quantitative estimate of drug-likeness (QED) is 0.350. The van der Waals surface area contributed by atoms with E-state index < -0.39 is 18.9 Å². The van der Waals surface area contributed by atoms with Gasteiger partial charge in [-0.3, -0.25) is 10.0 Å². The van der Waals surface area contributed by atoms with Crippen molar-refractivity contribution in [1.29, 1.82) is 0 Å². The van der Waals surface area contributed by atoms with E-state index in [1.807, 2.05) is 0 Å². The Kier molecular flexibility index (Phi) is 5.58. The van der Waals surface area contributed by atoms with Crippen molar-refractivity contribution in [2.24, 2.45) is 0 Å². The van der Waals surface area contributed by atoms with E-state index in [0.717, 1.165) is 0 Å². The molecule has 0 aliphatic carbocycles. The van der Waals surface area contributed by atoms with Crippen molar-refractivity contribution in [3.63, 3.8) is 0 Å². The largest absolute Gasteiger partial charge is 0.375 e. The molecule has 4 nitrogen and oxygen atoms in total. The van der Waals surface area contributed by atoms with Crippen LogP contribution in [0.15, 0.2) is 0 Å². The average molecular weight is 169 g/mol. The third-order valence-electron chi connectivity index (χ3n) is 0.842. The van der Waals surface area contributed by atoms with Crippen LogP contribution in [0.1, 0.15) is 6.42 Å². The van der Waals surface area contributed by atoms with Crippen LogP contribution >= 0.6 is 0 Å². The zero-order valence-electron chi connectivity index (χ0n) is 5.72. The fourth-order valence-corrected chi connectivity index (χ4v) is 0.393. The number of alkyl halides is 2. The molecule has 1 amide bonds. The van der Waals surface area contributed by atoms with Crippen molar-refractivity contribution in [2.75, 3.05) is 13.2 Å². The van der Waals surface area contributed by atoms with E-state index in [1.54, 1.807) is 0 Å². The second-order valence-electron chi connectivity index (χ2n) is 1.75. The second kappa shape index (κ2) is 5.99. The maximum atomic E-state index is 11.4. The van der Waals surface area contributed by atoms with Crippen LogP contribution in [-0.4, -0.2) is 30.8 Å². The fourth-order valence-electron chi connectivity index (χ4n) is 0.393. The molecule has 0 rings (SSSR count). The predicted octanol–water partition coefficient (Wildman–Crippen LogP) is 0.164. The molecule has 0 aliphatic rings. The number of rotatable bonds is 5. The van der Waals surface area contributed by atoms with Crippen LogP contribution < -0.4 is 5.48 Å². The average Bonchev–Trinajstić information content (AvgIpc) is 1.97. The lowest BCUT2D eigenvalue weighted by Gasteiger charge is -2.01. The zero-order chi connectivity index (χ0) is 8.69. The molecule has 0 aliphatic heterocycles. The molecule has 0 saturated carbocycles. The maximum Gasteiger partial charge on any atom is 0.261 e. The molecule has 6 heteroatoms. The lowest BCUT2D eigenvalue weighted by Crippen LogP contribution is -2.20. The van der Waals surface area contributed by atoms with Crippen LogP contribution in [0, 0.1) is 0 Å². The van der Waals surface area contributed by atoms with Crippen LogP contribution in [0.5, 0.6) is 0 Å². The van der Waals surface area contributed by atoms with Gasteiger partial charge in [-0.25, -0.2) is 14.3 Å². The second-order valence-corrected chi connectivity index (χ2v) is 1.75. The molecule has 11 heavy (non-hydrogen) atoms. The summed E-state index contributed by atoms with van der Waals surface area (Å²) in [6.07, 6.45) is -2.64. The van der Waals surface area contributed by atoms with Crippen LogP contribution in [0.4, 0.5) is 8.78 Å². The van der Waals surface area contributed by atoms with E-state index in [-0.39, 0.29) is 13.0 Å². The van der Waals surface area contributed by atoms with Gasteiger partial charge >= 0.3 is 0 Å². The number of hydroxylamine groups is 1. The zero-order valence-corrected chi connectivity index (χ0v) is 5.72. The Balaban J connectivity index is 3.08. The van der Waals surface area contributed by atoms with E-state index in [1.165, 1.54) is 5.48 Å². The molecular formula is C5H9F2NO3. The summed E-state index contributed by atoms with van der Waals surface area (Å²) >= 11 is 0. The number of halogens is 2. The van der Waals surface area contributed by atoms with Crippen LogP contribution in [-0.2, 0) is 9.53 Å². The molecule has 2 N–H and O–H groups in total. The minimum atomic E-state index is -2.52. The van der Waals surface area contributed by atoms with Gasteiger partial charge in [0.1, 0.15) is 6.61 Å². The number of carbonyl (C=O) groups is 1. The first-order valence-corrected chi connectivity index (χ1v) is 2.95. The number of hydrogen-bond acceptors (Lipinski definition) is 3. The molecule has 0 bridgehead atoms. The lowest BCUT2D eigenvalue weighted by atomic mass is 10.4. The highest BCUT2D eigenvalue weighted by molar-refractivity contribution is 5.74. The molecule has 0 saturated heterocycles. The van der Waals surface area contributed by atoms with Gasteiger partial charge in [0.2, 0.25) is 5.91 Å². The predicted molar refractivity (Wildman–Crippen MR) is 31.4 cm³/mol. The Bertz CT molecular complexity index is 120. The van der Waals surface area contributed by atoms with Crippen molar-refractivity contribution in [3.05, 3.63) is 0 Å². The molecule has 0 spiro atoms. The van der Waals surface area contributed by atoms with Crippen LogP contribution in [0.3, 0.4) is 0 Å². The first-order valence-electron chi connectivity index (χ1n) is 2.95. The summed E-state index contributed by atoms with van der Waals surface area (Å²) in [6, 6.07) is 0. The summed E-state index contributed by atoms with van der Waals surface area (Å²) in [7, 11) is 0. The molecule has 0 unspecified atom stereocenters. The van der Waals surface area contributed by atoms with Gasteiger partial charge in [-0.15, -0.1) is 0 Å². The molecule has 66 valence electrons. The Morgan fingerprint density at radius 2 is 2.27 bits per heavy atom. The number of ether oxygens (including phenoxy) is 1. The van der Waals surface area contributed by atoms with Gasteiger partial charge in [-0.2, -0.15) is 0 Å². The topological polar surface area (TPSA) is 58.6 Å². The van der Waals surface area contributed by atoms with Crippen LogP contribution in [0.2, 0.25) is 0 Å². The third kappa shape index (κ3) is 7.14. The minimum absolute atomic E-state index is 0.114. The normalized spacial score (nSPS) is 10.2. The van der Waals surface area contributed by atoms with Crippen LogP contribution in [0.25, 0.3) is 0 Å². The molecule has 0 atom stereocenters. The molecule has 0 heterocycles. The Morgan fingerprint density at radius 1 is 1.64 bits per heavy atom. The molecular weight excluding hydrogens is 160 g/mol. The van der Waals surface area contributed by atoms with Gasteiger partial charge in [0, 0.05) is 0 Å². The van der Waals surface area contributed by atoms with Gasteiger partial charge in [0.25, 0.3) is 6.43 Å². The standard InChI is InChI=1S/C5H9F2NO3/c6-4(7)3-11-2-1-5(9)8-10/h4,10H,1-3H2,(H,8,9). The Labute approximate surface area is 62.1 Å². The molecule has 0 aromatic carbocycles. The van der Waals surface area contributed by atoms with E-state index in [2.05, 4.69) is 4.74 Å². The molecule has 0 aromatic heterocycles. The highest BCUT2D eigenvalue weighted by Gasteiger charge is 2.03. The van der Waals surface area contributed by atoms with Gasteiger partial charge in [0.15, 0.2) is 0 Å². The lowest BCUT2D eigenvalue weighted by molar-refractivity contribution is -0.130. The van der Waals surface area contributed by atoms with Gasteiger partial charge < -0.3 is 4.74 Å². The first kappa shape index (κ1) is 10.2. The maximum absolute atomic E-state index is 11.4. The monoisotopic (exact) mass is 169 g/mol. The SMILES string of the molecule is O=C(CCOCC(F)F)NO. The Morgan fingerprint density at radius 3 is 2.73 bits per heavy atom. The van der Waals surface area contributed by atoms with E-state index in [0.29, 0.717) is 0 Å². The van der Waals surface area contributed by atoms with Crippen molar-refractivity contribution in [2.45, 2.75) is 12.8 Å². The number of hydrogen-bond donors (Lipinski definition) is 2. The minimum Gasteiger partial charge on any atom is -0.375 e. The van der Waals surface area contributed by atoms with Gasteiger partial charge in [-0.05, 0) is 0 Å². The molecule has 0 fully saturated rings. The van der Waals surface area contributed by atoms with Crippen molar-refractivity contribution in [1.82, 2.24) is 5.48 Å². The third-order valence-corrected chi connectivity index (χ3v) is 0.842. The van der Waals surface area contributed by atoms with Crippen molar-refractivity contribution in [3.8, 4) is 0 Å². The number of amides is 1. The summed E-state index contributed by atoms with van der Waals surface area (Å²) in [5.74, 6) is -0.653. The van der Waals surface area contributed by atoms with Crippen molar-refractivity contribution < 1.29 is 23.5 Å². The van der Waals surface area contributed by atoms with E-state index >= 15 is 0 Å². The summed E-state index contributed by atoms with van der Waals surface area (Å²) in [6.45, 7) is -0.796. The van der Waals surface area contributed by atoms with Gasteiger partial charge in [-0.1, -0.05) is 0 Å². The van der Waals surface area contributed by atoms with Crippen molar-refractivity contribution >= 4 is 5.91 Å². The first-order chi connectivity index (χ1) is 5.16. The highest BCUT2D eigenvalue weighted by atomic mass is 19.3. The number of carbonyl (C=O) groups excluding carboxylic acids is 1. The summed E-state index contributed by atoms with van der Waals surface area (Å²) in [5, 5.41) is 7.94. The number of nitrogens with one attached hydrogen (secondary N) is 1. The van der Waals surface area contributed by atoms with Gasteiger partial charge in [0.05, 0.1) is 13.0 Å². The smallest absolute Gasteiger partial charge is 0.261 e.